The van der Waals surface area contributed by atoms with Crippen molar-refractivity contribution in [2.24, 2.45) is 0 Å². The lowest BCUT2D eigenvalue weighted by Gasteiger charge is -2.14. The van der Waals surface area contributed by atoms with E-state index in [-0.39, 0.29) is 5.57 Å². The Hall–Kier alpha value is -3.75. The molecule has 0 atom stereocenters. The highest BCUT2D eigenvalue weighted by molar-refractivity contribution is 6.32. The predicted octanol–water partition coefficient (Wildman–Crippen LogP) is 6.40. The van der Waals surface area contributed by atoms with Crippen molar-refractivity contribution in [3.63, 3.8) is 0 Å². The Morgan fingerprint density at radius 3 is 2.42 bits per heavy atom. The number of ether oxygens (including phenoxy) is 2. The Bertz CT molecular complexity index is 1240. The SMILES string of the molecule is COc1cc(/C=C(\C#N)C(=O)Nc2ccc(C)cc2)cc(Cl)c1OCc1ccc(C)c(C)c1. The monoisotopic (exact) mass is 460 g/mol. The number of benzene rings is 3. The van der Waals surface area contributed by atoms with E-state index in [2.05, 4.69) is 25.2 Å². The van der Waals surface area contributed by atoms with Gasteiger partial charge in [-0.15, -0.1) is 0 Å². The Balaban J connectivity index is 1.81. The number of amides is 1. The van der Waals surface area contributed by atoms with Gasteiger partial charge in [-0.1, -0.05) is 47.5 Å². The third-order valence-electron chi connectivity index (χ3n) is 5.19. The molecule has 0 aliphatic carbocycles. The van der Waals surface area contributed by atoms with Crippen LogP contribution in [0.1, 0.15) is 27.8 Å². The second kappa shape index (κ2) is 10.7. The molecule has 3 rings (SSSR count). The van der Waals surface area contributed by atoms with E-state index in [9.17, 15) is 10.1 Å². The highest BCUT2D eigenvalue weighted by atomic mass is 35.5. The van der Waals surface area contributed by atoms with E-state index in [0.717, 1.165) is 11.1 Å². The number of carbonyl (C=O) groups is 1. The first-order chi connectivity index (χ1) is 15.8. The average Bonchev–Trinajstić information content (AvgIpc) is 2.80. The minimum atomic E-state index is -0.508. The molecule has 0 bridgehead atoms. The van der Waals surface area contributed by atoms with Gasteiger partial charge in [-0.3, -0.25) is 4.79 Å². The van der Waals surface area contributed by atoms with E-state index in [1.54, 1.807) is 24.3 Å². The molecule has 0 unspecified atom stereocenters. The maximum absolute atomic E-state index is 12.6. The van der Waals surface area contributed by atoms with E-state index in [1.165, 1.54) is 24.3 Å². The van der Waals surface area contributed by atoms with Gasteiger partial charge in [-0.25, -0.2) is 0 Å². The van der Waals surface area contributed by atoms with Crippen molar-refractivity contribution in [2.45, 2.75) is 27.4 Å². The first-order valence-corrected chi connectivity index (χ1v) is 10.7. The van der Waals surface area contributed by atoms with Crippen LogP contribution in [0.25, 0.3) is 6.08 Å². The summed E-state index contributed by atoms with van der Waals surface area (Å²) in [6.45, 7) is 6.39. The number of aryl methyl sites for hydroxylation is 3. The van der Waals surface area contributed by atoms with Gasteiger partial charge in [0.2, 0.25) is 0 Å². The summed E-state index contributed by atoms with van der Waals surface area (Å²) in [6, 6.07) is 18.7. The van der Waals surface area contributed by atoms with Crippen LogP contribution in [0.15, 0.2) is 60.2 Å². The molecule has 0 saturated heterocycles. The van der Waals surface area contributed by atoms with Crippen LogP contribution in [-0.2, 0) is 11.4 Å². The molecule has 0 saturated carbocycles. The Morgan fingerprint density at radius 1 is 1.06 bits per heavy atom. The molecule has 0 aliphatic rings. The highest BCUT2D eigenvalue weighted by Gasteiger charge is 2.15. The van der Waals surface area contributed by atoms with Crippen LogP contribution >= 0.6 is 11.6 Å². The number of nitrogens with one attached hydrogen (secondary N) is 1. The summed E-state index contributed by atoms with van der Waals surface area (Å²) < 4.78 is 11.4. The van der Waals surface area contributed by atoms with E-state index in [1.807, 2.05) is 37.3 Å². The summed E-state index contributed by atoms with van der Waals surface area (Å²) in [5.74, 6) is 0.303. The standard InChI is InChI=1S/C27H25ClN2O3/c1-17-5-9-23(10-6-17)30-27(31)22(15-29)12-21-13-24(28)26(25(14-21)32-4)33-16-20-8-7-18(2)19(3)11-20/h5-14H,16H2,1-4H3,(H,30,31)/b22-12+. The van der Waals surface area contributed by atoms with Crippen molar-refractivity contribution < 1.29 is 14.3 Å². The van der Waals surface area contributed by atoms with E-state index < -0.39 is 5.91 Å². The summed E-state index contributed by atoms with van der Waals surface area (Å²) in [7, 11) is 1.51. The van der Waals surface area contributed by atoms with Crippen molar-refractivity contribution in [3.05, 3.63) is 93.0 Å². The fourth-order valence-electron chi connectivity index (χ4n) is 3.16. The summed E-state index contributed by atoms with van der Waals surface area (Å²) in [5.41, 5.74) is 5.58. The van der Waals surface area contributed by atoms with Crippen molar-refractivity contribution in [2.75, 3.05) is 12.4 Å². The van der Waals surface area contributed by atoms with Gasteiger partial charge in [0.05, 0.1) is 12.1 Å². The van der Waals surface area contributed by atoms with Crippen LogP contribution in [-0.4, -0.2) is 13.0 Å². The largest absolute Gasteiger partial charge is 0.493 e. The highest BCUT2D eigenvalue weighted by Crippen LogP contribution is 2.37. The van der Waals surface area contributed by atoms with E-state index >= 15 is 0 Å². The number of hydrogen-bond donors (Lipinski definition) is 1. The number of methoxy groups -OCH3 is 1. The molecule has 3 aromatic rings. The Morgan fingerprint density at radius 2 is 1.79 bits per heavy atom. The number of anilines is 1. The van der Waals surface area contributed by atoms with Gasteiger partial charge >= 0.3 is 0 Å². The maximum Gasteiger partial charge on any atom is 0.266 e. The molecule has 1 amide bonds. The van der Waals surface area contributed by atoms with E-state index in [0.29, 0.717) is 34.4 Å². The van der Waals surface area contributed by atoms with Crippen LogP contribution in [0.4, 0.5) is 5.69 Å². The van der Waals surface area contributed by atoms with Crippen molar-refractivity contribution in [1.82, 2.24) is 0 Å². The zero-order valence-electron chi connectivity index (χ0n) is 19.0. The molecule has 5 nitrogen and oxygen atoms in total. The molecule has 6 heteroatoms. The molecule has 33 heavy (non-hydrogen) atoms. The molecule has 0 heterocycles. The van der Waals surface area contributed by atoms with Gasteiger partial charge in [0, 0.05) is 5.69 Å². The molecular weight excluding hydrogens is 436 g/mol. The minimum absolute atomic E-state index is 0.0579. The zero-order chi connectivity index (χ0) is 24.0. The molecule has 0 aliphatic heterocycles. The van der Waals surface area contributed by atoms with E-state index in [4.69, 9.17) is 21.1 Å². The lowest BCUT2D eigenvalue weighted by molar-refractivity contribution is -0.112. The fraction of sp³-hybridized carbons (Fsp3) is 0.185. The molecule has 0 fully saturated rings. The second-order valence-electron chi connectivity index (χ2n) is 7.73. The van der Waals surface area contributed by atoms with Gasteiger partial charge in [0.15, 0.2) is 11.5 Å². The van der Waals surface area contributed by atoms with Crippen LogP contribution in [0.3, 0.4) is 0 Å². The predicted molar refractivity (Wildman–Crippen MR) is 132 cm³/mol. The molecular formula is C27H25ClN2O3. The second-order valence-corrected chi connectivity index (χ2v) is 8.14. The first kappa shape index (κ1) is 23.9. The maximum atomic E-state index is 12.6. The topological polar surface area (TPSA) is 71.3 Å². The molecule has 0 aromatic heterocycles. The van der Waals surface area contributed by atoms with Crippen LogP contribution in [0, 0.1) is 32.1 Å². The van der Waals surface area contributed by atoms with Gasteiger partial charge in [-0.2, -0.15) is 5.26 Å². The summed E-state index contributed by atoms with van der Waals surface area (Å²) in [5, 5.41) is 12.6. The number of hydrogen-bond acceptors (Lipinski definition) is 4. The minimum Gasteiger partial charge on any atom is -0.493 e. The summed E-state index contributed by atoms with van der Waals surface area (Å²) >= 11 is 6.47. The number of carbonyl (C=O) groups excluding carboxylic acids is 1. The van der Waals surface area contributed by atoms with Crippen LogP contribution in [0.5, 0.6) is 11.5 Å². The van der Waals surface area contributed by atoms with Crippen LogP contribution in [0.2, 0.25) is 5.02 Å². The lowest BCUT2D eigenvalue weighted by Crippen LogP contribution is -2.13. The Kier molecular flexibility index (Phi) is 7.76. The molecule has 3 aromatic carbocycles. The number of halogens is 1. The average molecular weight is 461 g/mol. The Labute approximate surface area is 199 Å². The van der Waals surface area contributed by atoms with Gasteiger partial charge in [-0.05, 0) is 73.4 Å². The summed E-state index contributed by atoms with van der Waals surface area (Å²) in [6.07, 6.45) is 1.46. The normalized spacial score (nSPS) is 11.0. The third kappa shape index (κ3) is 6.15. The molecule has 1 N–H and O–H groups in total. The number of rotatable bonds is 7. The zero-order valence-corrected chi connectivity index (χ0v) is 19.8. The first-order valence-electron chi connectivity index (χ1n) is 10.4. The molecule has 168 valence electrons. The van der Waals surface area contributed by atoms with Crippen LogP contribution < -0.4 is 14.8 Å². The van der Waals surface area contributed by atoms with Crippen molar-refractivity contribution >= 4 is 29.3 Å². The van der Waals surface area contributed by atoms with Gasteiger partial charge in [0.1, 0.15) is 18.2 Å². The smallest absolute Gasteiger partial charge is 0.266 e. The van der Waals surface area contributed by atoms with Crippen molar-refractivity contribution in [1.29, 1.82) is 5.26 Å². The fourth-order valence-corrected chi connectivity index (χ4v) is 3.44. The number of nitrogens with zero attached hydrogens (tertiary/aromatic N) is 1. The lowest BCUT2D eigenvalue weighted by atomic mass is 10.1. The quantitative estimate of drug-likeness (QED) is 0.327. The summed E-state index contributed by atoms with van der Waals surface area (Å²) in [4.78, 5) is 12.6. The van der Waals surface area contributed by atoms with Gasteiger partial charge < -0.3 is 14.8 Å². The third-order valence-corrected chi connectivity index (χ3v) is 5.47. The van der Waals surface area contributed by atoms with Gasteiger partial charge in [0.25, 0.3) is 5.91 Å². The van der Waals surface area contributed by atoms with Crippen molar-refractivity contribution in [3.8, 4) is 17.6 Å². The molecule has 0 spiro atoms. The molecule has 0 radical (unpaired) electrons. The number of nitriles is 1.